The molecule has 3 aliphatic rings. The van der Waals surface area contributed by atoms with E-state index in [1.807, 2.05) is 25.1 Å². The Morgan fingerprint density at radius 1 is 1.31 bits per heavy atom. The Hall–Kier alpha value is -2.18. The van der Waals surface area contributed by atoms with Gasteiger partial charge in [0.2, 0.25) is 5.89 Å². The van der Waals surface area contributed by atoms with E-state index in [1.165, 1.54) is 6.42 Å². The van der Waals surface area contributed by atoms with Gasteiger partial charge in [-0.25, -0.2) is 0 Å². The van der Waals surface area contributed by atoms with Gasteiger partial charge in [-0.15, -0.1) is 0 Å². The number of likely N-dealkylation sites (tertiary alicyclic amines) is 1. The van der Waals surface area contributed by atoms with Crippen LogP contribution in [0.3, 0.4) is 0 Å². The third-order valence-electron chi connectivity index (χ3n) is 6.69. The highest BCUT2D eigenvalue weighted by Crippen LogP contribution is 2.50. The maximum Gasteiger partial charge on any atom is 0.257 e. The molecule has 3 heterocycles. The van der Waals surface area contributed by atoms with Gasteiger partial charge >= 0.3 is 0 Å². The number of aryl methyl sites for hydroxylation is 2. The minimum absolute atomic E-state index is 0.116. The molecule has 7 heteroatoms. The van der Waals surface area contributed by atoms with Crippen molar-refractivity contribution < 1.29 is 9.32 Å². The van der Waals surface area contributed by atoms with Gasteiger partial charge in [0.15, 0.2) is 5.82 Å². The zero-order chi connectivity index (χ0) is 17.9. The molecule has 0 N–H and O–H groups in total. The van der Waals surface area contributed by atoms with Crippen LogP contribution in [-0.4, -0.2) is 43.8 Å². The first-order valence-electron chi connectivity index (χ1n) is 9.70. The van der Waals surface area contributed by atoms with Crippen molar-refractivity contribution in [1.29, 1.82) is 0 Å². The lowest BCUT2D eigenvalue weighted by Gasteiger charge is -2.26. The van der Waals surface area contributed by atoms with Crippen molar-refractivity contribution in [2.75, 3.05) is 13.1 Å². The minimum atomic E-state index is -0.157. The number of aromatic nitrogens is 4. The fourth-order valence-electron chi connectivity index (χ4n) is 5.12. The first-order valence-corrected chi connectivity index (χ1v) is 9.70. The van der Waals surface area contributed by atoms with E-state index in [0.717, 1.165) is 55.8 Å². The quantitative estimate of drug-likeness (QED) is 0.846. The fraction of sp³-hybridized carbons (Fsp3) is 0.684. The lowest BCUT2D eigenvalue weighted by molar-refractivity contribution is 0.0772. The standard InChI is InChI=1S/C19H25N5O2/c1-12-20-18(26-22-12)19-8-4-7-14(19)9-24(11-19)17(25)15-10-23(2)21-16(15)13-5-3-6-13/h10,13-14H,3-9,11H2,1-2H3/t14-,19-/m0/s1. The number of rotatable bonds is 3. The molecule has 1 amide bonds. The molecule has 3 fully saturated rings. The van der Waals surface area contributed by atoms with Crippen LogP contribution in [0, 0.1) is 12.8 Å². The maximum atomic E-state index is 13.3. The SMILES string of the molecule is Cc1noc([C@]23CCC[C@H]2CN(C(=O)c2cn(C)nc2C2CCC2)C3)n1. The first kappa shape index (κ1) is 16.0. The van der Waals surface area contributed by atoms with Gasteiger partial charge in [0, 0.05) is 32.3 Å². The van der Waals surface area contributed by atoms with Crippen molar-refractivity contribution in [2.45, 2.75) is 56.8 Å². The van der Waals surface area contributed by atoms with Gasteiger partial charge in [-0.3, -0.25) is 9.48 Å². The van der Waals surface area contributed by atoms with Crippen LogP contribution < -0.4 is 0 Å². The number of fused-ring (bicyclic) bond motifs is 1. The van der Waals surface area contributed by atoms with E-state index in [4.69, 9.17) is 4.52 Å². The zero-order valence-electron chi connectivity index (χ0n) is 15.4. The fourth-order valence-corrected chi connectivity index (χ4v) is 5.12. The third kappa shape index (κ3) is 2.25. The molecule has 0 bridgehead atoms. The van der Waals surface area contributed by atoms with Crippen LogP contribution >= 0.6 is 0 Å². The van der Waals surface area contributed by atoms with Gasteiger partial charge in [0.25, 0.3) is 5.91 Å². The van der Waals surface area contributed by atoms with Crippen molar-refractivity contribution in [1.82, 2.24) is 24.8 Å². The summed E-state index contributed by atoms with van der Waals surface area (Å²) in [6.07, 6.45) is 8.72. The normalized spacial score (nSPS) is 28.4. The highest BCUT2D eigenvalue weighted by atomic mass is 16.5. The second-order valence-electron chi connectivity index (χ2n) is 8.31. The van der Waals surface area contributed by atoms with Crippen LogP contribution in [0.2, 0.25) is 0 Å². The average Bonchev–Trinajstić information content (AvgIpc) is 3.27. The molecule has 2 aromatic heterocycles. The van der Waals surface area contributed by atoms with Crippen molar-refractivity contribution in [3.63, 3.8) is 0 Å². The van der Waals surface area contributed by atoms with Gasteiger partial charge in [0.05, 0.1) is 16.7 Å². The Morgan fingerprint density at radius 2 is 2.15 bits per heavy atom. The highest BCUT2D eigenvalue weighted by Gasteiger charge is 2.55. The molecule has 1 aliphatic heterocycles. The third-order valence-corrected chi connectivity index (χ3v) is 6.69. The van der Waals surface area contributed by atoms with E-state index in [-0.39, 0.29) is 11.3 Å². The monoisotopic (exact) mass is 355 g/mol. The lowest BCUT2D eigenvalue weighted by Crippen LogP contribution is -2.35. The lowest BCUT2D eigenvalue weighted by atomic mass is 9.80. The molecule has 2 aromatic rings. The van der Waals surface area contributed by atoms with Crippen LogP contribution in [0.25, 0.3) is 0 Å². The highest BCUT2D eigenvalue weighted by molar-refractivity contribution is 5.95. The largest absolute Gasteiger partial charge is 0.339 e. The smallest absolute Gasteiger partial charge is 0.257 e. The Labute approximate surface area is 152 Å². The topological polar surface area (TPSA) is 77.0 Å². The number of nitrogens with zero attached hydrogens (tertiary/aromatic N) is 5. The number of carbonyl (C=O) groups is 1. The summed E-state index contributed by atoms with van der Waals surface area (Å²) in [5.74, 6) is 2.37. The molecule has 0 aromatic carbocycles. The molecule has 26 heavy (non-hydrogen) atoms. The Balaban J connectivity index is 1.44. The second kappa shape index (κ2) is 5.66. The minimum Gasteiger partial charge on any atom is -0.339 e. The van der Waals surface area contributed by atoms with E-state index in [2.05, 4.69) is 15.2 Å². The van der Waals surface area contributed by atoms with Crippen LogP contribution in [0.5, 0.6) is 0 Å². The summed E-state index contributed by atoms with van der Waals surface area (Å²) in [7, 11) is 1.90. The van der Waals surface area contributed by atoms with E-state index < -0.39 is 0 Å². The summed E-state index contributed by atoms with van der Waals surface area (Å²) in [4.78, 5) is 19.9. The predicted octanol–water partition coefficient (Wildman–Crippen LogP) is 2.57. The van der Waals surface area contributed by atoms with Crippen LogP contribution in [0.15, 0.2) is 10.7 Å². The zero-order valence-corrected chi connectivity index (χ0v) is 15.4. The van der Waals surface area contributed by atoms with Gasteiger partial charge in [-0.2, -0.15) is 10.1 Å². The summed E-state index contributed by atoms with van der Waals surface area (Å²) >= 11 is 0. The summed E-state index contributed by atoms with van der Waals surface area (Å²) in [5.41, 5.74) is 1.62. The van der Waals surface area contributed by atoms with Crippen molar-refractivity contribution in [2.24, 2.45) is 13.0 Å². The molecule has 5 rings (SSSR count). The summed E-state index contributed by atoms with van der Waals surface area (Å²) in [6, 6.07) is 0. The Bertz CT molecular complexity index is 852. The molecule has 7 nitrogen and oxygen atoms in total. The van der Waals surface area contributed by atoms with Gasteiger partial charge < -0.3 is 9.42 Å². The number of hydrogen-bond acceptors (Lipinski definition) is 5. The number of carbonyl (C=O) groups excluding carboxylic acids is 1. The molecule has 138 valence electrons. The average molecular weight is 355 g/mol. The summed E-state index contributed by atoms with van der Waals surface area (Å²) in [5, 5.41) is 8.61. The second-order valence-corrected chi connectivity index (χ2v) is 8.31. The van der Waals surface area contributed by atoms with Crippen LogP contribution in [0.1, 0.15) is 72.2 Å². The van der Waals surface area contributed by atoms with Crippen LogP contribution in [0.4, 0.5) is 0 Å². The van der Waals surface area contributed by atoms with Crippen molar-refractivity contribution in [3.8, 4) is 0 Å². The molecule has 0 unspecified atom stereocenters. The van der Waals surface area contributed by atoms with E-state index in [9.17, 15) is 4.79 Å². The summed E-state index contributed by atoms with van der Waals surface area (Å²) in [6.45, 7) is 3.31. The van der Waals surface area contributed by atoms with Crippen molar-refractivity contribution in [3.05, 3.63) is 29.2 Å². The molecule has 2 aliphatic carbocycles. The first-order chi connectivity index (χ1) is 12.6. The van der Waals surface area contributed by atoms with Crippen molar-refractivity contribution >= 4 is 5.91 Å². The maximum absolute atomic E-state index is 13.3. The van der Waals surface area contributed by atoms with Crippen LogP contribution in [-0.2, 0) is 12.5 Å². The van der Waals surface area contributed by atoms with Gasteiger partial charge in [-0.05, 0) is 38.5 Å². The molecular weight excluding hydrogens is 330 g/mol. The molecule has 0 spiro atoms. The van der Waals surface area contributed by atoms with Gasteiger partial charge in [-0.1, -0.05) is 18.0 Å². The van der Waals surface area contributed by atoms with E-state index in [0.29, 0.717) is 24.2 Å². The number of hydrogen-bond donors (Lipinski definition) is 0. The molecule has 2 atom stereocenters. The predicted molar refractivity (Wildman–Crippen MR) is 93.8 cm³/mol. The Morgan fingerprint density at radius 3 is 2.85 bits per heavy atom. The molecule has 1 saturated heterocycles. The molecule has 0 radical (unpaired) electrons. The summed E-state index contributed by atoms with van der Waals surface area (Å²) < 4.78 is 7.35. The Kier molecular flexibility index (Phi) is 3.49. The molecule has 2 saturated carbocycles. The van der Waals surface area contributed by atoms with Gasteiger partial charge in [0.1, 0.15) is 0 Å². The molecular formula is C19H25N5O2. The van der Waals surface area contributed by atoms with E-state index >= 15 is 0 Å². The number of amides is 1. The van der Waals surface area contributed by atoms with E-state index in [1.54, 1.807) is 4.68 Å².